The number of aliphatic hydroxyl groups excluding tert-OH is 1. The summed E-state index contributed by atoms with van der Waals surface area (Å²) in [7, 11) is 0. The van der Waals surface area contributed by atoms with Crippen molar-refractivity contribution in [2.24, 2.45) is 0 Å². The molecule has 4 aromatic carbocycles. The number of Topliss-reactive ketones (excluding diaryl/α,β-unsaturated/α-hetero) is 1. The van der Waals surface area contributed by atoms with E-state index in [1.165, 1.54) is 23.1 Å². The Morgan fingerprint density at radius 3 is 2.27 bits per heavy atom. The van der Waals surface area contributed by atoms with E-state index in [0.717, 1.165) is 11.1 Å². The number of carbonyl (C=O) groups is 2. The molecule has 5 nitrogen and oxygen atoms in total. The van der Waals surface area contributed by atoms with Gasteiger partial charge < -0.3 is 9.84 Å². The second kappa shape index (κ2) is 9.74. The maximum atomic E-state index is 14.2. The predicted molar refractivity (Wildman–Crippen MR) is 140 cm³/mol. The van der Waals surface area contributed by atoms with Crippen molar-refractivity contribution in [2.75, 3.05) is 4.90 Å². The second-order valence-electron chi connectivity index (χ2n) is 8.94. The van der Waals surface area contributed by atoms with Crippen molar-refractivity contribution in [3.63, 3.8) is 0 Å². The first-order valence-corrected chi connectivity index (χ1v) is 11.8. The third-order valence-corrected chi connectivity index (χ3v) is 6.46. The van der Waals surface area contributed by atoms with E-state index >= 15 is 0 Å². The molecule has 4 aromatic rings. The minimum absolute atomic E-state index is 0.0747. The second-order valence-corrected chi connectivity index (χ2v) is 8.94. The molecule has 6 heteroatoms. The van der Waals surface area contributed by atoms with E-state index in [1.807, 2.05) is 50.2 Å². The molecule has 0 aromatic heterocycles. The van der Waals surface area contributed by atoms with Crippen LogP contribution in [0.3, 0.4) is 0 Å². The fourth-order valence-electron chi connectivity index (χ4n) is 4.46. The Bertz CT molecular complexity index is 1540. The lowest BCUT2D eigenvalue weighted by Crippen LogP contribution is -2.29. The Hall–Kier alpha value is -4.71. The minimum Gasteiger partial charge on any atom is -0.507 e. The largest absolute Gasteiger partial charge is 0.507 e. The number of amides is 1. The quantitative estimate of drug-likeness (QED) is 0.187. The van der Waals surface area contributed by atoms with Crippen LogP contribution in [0.5, 0.6) is 11.5 Å². The van der Waals surface area contributed by atoms with Crippen molar-refractivity contribution >= 4 is 23.1 Å². The maximum Gasteiger partial charge on any atom is 0.300 e. The maximum absolute atomic E-state index is 14.2. The Morgan fingerprint density at radius 1 is 0.811 bits per heavy atom. The van der Waals surface area contributed by atoms with Gasteiger partial charge in [0.1, 0.15) is 23.1 Å². The van der Waals surface area contributed by atoms with Crippen molar-refractivity contribution in [2.45, 2.75) is 19.9 Å². The number of hydrogen-bond acceptors (Lipinski definition) is 4. The molecule has 1 aliphatic rings. The van der Waals surface area contributed by atoms with Crippen LogP contribution < -0.4 is 9.64 Å². The van der Waals surface area contributed by atoms with Gasteiger partial charge in [-0.3, -0.25) is 14.5 Å². The summed E-state index contributed by atoms with van der Waals surface area (Å²) in [6.45, 7) is 3.85. The number of aryl methyl sites for hydroxylation is 2. The molecule has 1 heterocycles. The molecule has 0 saturated carbocycles. The summed E-state index contributed by atoms with van der Waals surface area (Å²) in [5, 5.41) is 11.4. The van der Waals surface area contributed by atoms with Crippen LogP contribution in [0, 0.1) is 19.7 Å². The monoisotopic (exact) mass is 493 g/mol. The van der Waals surface area contributed by atoms with Gasteiger partial charge in [0.25, 0.3) is 11.7 Å². The van der Waals surface area contributed by atoms with Crippen LogP contribution in [0.1, 0.15) is 28.3 Å². The molecule has 0 radical (unpaired) electrons. The molecule has 37 heavy (non-hydrogen) atoms. The highest BCUT2D eigenvalue weighted by molar-refractivity contribution is 6.51. The Kier molecular flexibility index (Phi) is 6.32. The molecule has 0 spiro atoms. The zero-order chi connectivity index (χ0) is 26.1. The number of halogens is 1. The molecular formula is C31H24FNO4. The number of carbonyl (C=O) groups excluding carboxylic acids is 2. The summed E-state index contributed by atoms with van der Waals surface area (Å²) in [6, 6.07) is 26.0. The van der Waals surface area contributed by atoms with Crippen molar-refractivity contribution in [3.8, 4) is 11.5 Å². The lowest BCUT2D eigenvalue weighted by molar-refractivity contribution is -0.132. The first-order chi connectivity index (χ1) is 17.8. The SMILES string of the molecule is Cc1ccc(/C(O)=C2\C(=O)C(=O)N(c3cccc(F)c3)C2c2cccc(Oc3ccccc3)c2)cc1C. The highest BCUT2D eigenvalue weighted by atomic mass is 19.1. The van der Waals surface area contributed by atoms with Crippen molar-refractivity contribution in [3.05, 3.63) is 131 Å². The number of rotatable bonds is 5. The summed E-state index contributed by atoms with van der Waals surface area (Å²) in [4.78, 5) is 27.9. The molecule has 1 fully saturated rings. The highest BCUT2D eigenvalue weighted by Crippen LogP contribution is 2.43. The van der Waals surface area contributed by atoms with E-state index in [-0.39, 0.29) is 17.0 Å². The van der Waals surface area contributed by atoms with Crippen LogP contribution >= 0.6 is 0 Å². The first-order valence-electron chi connectivity index (χ1n) is 11.8. The van der Waals surface area contributed by atoms with Crippen LogP contribution in [-0.2, 0) is 9.59 Å². The van der Waals surface area contributed by atoms with Crippen LogP contribution in [0.4, 0.5) is 10.1 Å². The van der Waals surface area contributed by atoms with Gasteiger partial charge in [-0.15, -0.1) is 0 Å². The molecule has 1 amide bonds. The number of anilines is 1. The average Bonchev–Trinajstić information content (AvgIpc) is 3.16. The summed E-state index contributed by atoms with van der Waals surface area (Å²) in [6.07, 6.45) is 0. The van der Waals surface area contributed by atoms with Gasteiger partial charge in [-0.1, -0.05) is 48.5 Å². The van der Waals surface area contributed by atoms with Gasteiger partial charge in [-0.25, -0.2) is 4.39 Å². The molecule has 1 unspecified atom stereocenters. The van der Waals surface area contributed by atoms with E-state index < -0.39 is 23.5 Å². The molecule has 0 aliphatic carbocycles. The number of benzene rings is 4. The van der Waals surface area contributed by atoms with E-state index in [4.69, 9.17) is 4.74 Å². The number of hydrogen-bond donors (Lipinski definition) is 1. The third kappa shape index (κ3) is 4.61. The zero-order valence-electron chi connectivity index (χ0n) is 20.3. The molecule has 5 rings (SSSR count). The van der Waals surface area contributed by atoms with Crippen LogP contribution in [0.25, 0.3) is 5.76 Å². The molecule has 1 atom stereocenters. The number of ketones is 1. The fraction of sp³-hybridized carbons (Fsp3) is 0.0968. The van der Waals surface area contributed by atoms with Gasteiger partial charge in [-0.05, 0) is 79.1 Å². The predicted octanol–water partition coefficient (Wildman–Crippen LogP) is 6.86. The highest BCUT2D eigenvalue weighted by Gasteiger charge is 2.47. The number of ether oxygens (including phenoxy) is 1. The molecule has 0 bridgehead atoms. The Morgan fingerprint density at radius 2 is 1.54 bits per heavy atom. The fourth-order valence-corrected chi connectivity index (χ4v) is 4.46. The molecule has 1 N–H and O–H groups in total. The van der Waals surface area contributed by atoms with E-state index in [0.29, 0.717) is 22.6 Å². The van der Waals surface area contributed by atoms with Crippen LogP contribution in [-0.4, -0.2) is 16.8 Å². The van der Waals surface area contributed by atoms with Crippen molar-refractivity contribution in [1.82, 2.24) is 0 Å². The minimum atomic E-state index is -0.997. The van der Waals surface area contributed by atoms with E-state index in [2.05, 4.69) is 0 Å². The number of para-hydroxylation sites is 1. The number of nitrogens with zero attached hydrogens (tertiary/aromatic N) is 1. The van der Waals surface area contributed by atoms with Crippen molar-refractivity contribution < 1.29 is 23.8 Å². The Balaban J connectivity index is 1.68. The lowest BCUT2D eigenvalue weighted by atomic mass is 9.94. The number of aliphatic hydroxyl groups is 1. The third-order valence-electron chi connectivity index (χ3n) is 6.46. The molecule has 184 valence electrons. The smallest absolute Gasteiger partial charge is 0.300 e. The van der Waals surface area contributed by atoms with Gasteiger partial charge in [-0.2, -0.15) is 0 Å². The summed E-state index contributed by atoms with van der Waals surface area (Å²) in [5.74, 6) is -1.43. The van der Waals surface area contributed by atoms with Gasteiger partial charge in [0.2, 0.25) is 0 Å². The summed E-state index contributed by atoms with van der Waals surface area (Å²) >= 11 is 0. The Labute approximate surface area is 214 Å². The van der Waals surface area contributed by atoms with Gasteiger partial charge in [0, 0.05) is 11.3 Å². The van der Waals surface area contributed by atoms with Gasteiger partial charge in [0.05, 0.1) is 11.6 Å². The van der Waals surface area contributed by atoms with Crippen LogP contribution in [0.2, 0.25) is 0 Å². The van der Waals surface area contributed by atoms with E-state index in [1.54, 1.807) is 42.5 Å². The van der Waals surface area contributed by atoms with Crippen molar-refractivity contribution in [1.29, 1.82) is 0 Å². The molecular weight excluding hydrogens is 469 g/mol. The van der Waals surface area contributed by atoms with Crippen LogP contribution in [0.15, 0.2) is 103 Å². The molecule has 1 aliphatic heterocycles. The first kappa shape index (κ1) is 24.0. The van der Waals surface area contributed by atoms with Gasteiger partial charge in [0.15, 0.2) is 0 Å². The normalized spacial score (nSPS) is 16.7. The summed E-state index contributed by atoms with van der Waals surface area (Å²) < 4.78 is 20.2. The average molecular weight is 494 g/mol. The lowest BCUT2D eigenvalue weighted by Gasteiger charge is -2.26. The zero-order valence-corrected chi connectivity index (χ0v) is 20.3. The summed E-state index contributed by atoms with van der Waals surface area (Å²) in [5.41, 5.74) is 3.04. The standard InChI is InChI=1S/C31H24FNO4/c1-19-14-15-22(16-20(19)2)29(34)27-28(33(31(36)30(27)35)24-10-7-9-23(32)18-24)21-8-6-13-26(17-21)37-25-11-4-3-5-12-25/h3-18,28,34H,1-2H3/b29-27+. The molecule has 1 saturated heterocycles. The van der Waals surface area contributed by atoms with E-state index in [9.17, 15) is 19.1 Å². The topological polar surface area (TPSA) is 66.8 Å². The van der Waals surface area contributed by atoms with Gasteiger partial charge >= 0.3 is 0 Å².